The highest BCUT2D eigenvalue weighted by molar-refractivity contribution is 6.30. The summed E-state index contributed by atoms with van der Waals surface area (Å²) in [5.74, 6) is 0. The molecule has 128 valence electrons. The second kappa shape index (κ2) is 6.76. The van der Waals surface area contributed by atoms with Crippen molar-refractivity contribution in [2.24, 2.45) is 0 Å². The largest absolute Gasteiger partial charge is 0.417 e. The zero-order chi connectivity index (χ0) is 18.0. The van der Waals surface area contributed by atoms with Crippen molar-refractivity contribution in [3.8, 4) is 11.1 Å². The fourth-order valence-electron chi connectivity index (χ4n) is 2.50. The fraction of sp³-hybridized carbons (Fsp3) is 0.105. The number of pyridine rings is 1. The molecule has 3 aromatic rings. The van der Waals surface area contributed by atoms with Gasteiger partial charge in [0.2, 0.25) is 0 Å². The van der Waals surface area contributed by atoms with Crippen LogP contribution in [0.15, 0.2) is 71.7 Å². The van der Waals surface area contributed by atoms with Gasteiger partial charge in [0.15, 0.2) is 0 Å². The summed E-state index contributed by atoms with van der Waals surface area (Å²) in [6.45, 7) is 0.0115. The fourth-order valence-corrected chi connectivity index (χ4v) is 2.73. The average Bonchev–Trinajstić information content (AvgIpc) is 2.59. The minimum Gasteiger partial charge on any atom is -0.309 e. The number of hydrogen-bond donors (Lipinski definition) is 0. The highest BCUT2D eigenvalue weighted by atomic mass is 35.5. The first-order valence-corrected chi connectivity index (χ1v) is 7.84. The monoisotopic (exact) mass is 363 g/mol. The maximum atomic E-state index is 12.9. The van der Waals surface area contributed by atoms with E-state index in [1.807, 2.05) is 42.5 Å². The molecule has 1 heterocycles. The van der Waals surface area contributed by atoms with E-state index in [0.717, 1.165) is 21.9 Å². The lowest BCUT2D eigenvalue weighted by molar-refractivity contribution is -0.138. The lowest BCUT2D eigenvalue weighted by atomic mass is 10.0. The predicted octanol–water partition coefficient (Wildman–Crippen LogP) is 5.24. The predicted molar refractivity (Wildman–Crippen MR) is 91.7 cm³/mol. The lowest BCUT2D eigenvalue weighted by Crippen LogP contribution is -2.23. The van der Waals surface area contributed by atoms with Crippen molar-refractivity contribution >= 4 is 11.6 Å². The molecule has 0 aliphatic heterocycles. The highest BCUT2D eigenvalue weighted by Gasteiger charge is 2.32. The van der Waals surface area contributed by atoms with Crippen LogP contribution in [-0.4, -0.2) is 4.57 Å². The van der Waals surface area contributed by atoms with Gasteiger partial charge in [-0.25, -0.2) is 0 Å². The van der Waals surface area contributed by atoms with E-state index in [0.29, 0.717) is 11.6 Å². The van der Waals surface area contributed by atoms with Gasteiger partial charge in [0.1, 0.15) is 5.02 Å². The van der Waals surface area contributed by atoms with Crippen molar-refractivity contribution in [2.45, 2.75) is 12.7 Å². The number of halogens is 4. The van der Waals surface area contributed by atoms with Gasteiger partial charge in [-0.3, -0.25) is 4.79 Å². The van der Waals surface area contributed by atoms with E-state index in [9.17, 15) is 18.0 Å². The topological polar surface area (TPSA) is 22.0 Å². The molecule has 2 nitrogen and oxygen atoms in total. The van der Waals surface area contributed by atoms with Crippen molar-refractivity contribution in [3.05, 3.63) is 93.4 Å². The molecule has 3 rings (SSSR count). The molecule has 0 aliphatic rings. The first-order valence-electron chi connectivity index (χ1n) is 7.46. The molecule has 0 N–H and O–H groups in total. The second-order valence-corrected chi connectivity index (χ2v) is 5.98. The van der Waals surface area contributed by atoms with Gasteiger partial charge in [0, 0.05) is 6.20 Å². The highest BCUT2D eigenvalue weighted by Crippen LogP contribution is 2.29. The third-order valence-corrected chi connectivity index (χ3v) is 4.05. The van der Waals surface area contributed by atoms with Gasteiger partial charge in [-0.2, -0.15) is 13.2 Å². The van der Waals surface area contributed by atoms with Gasteiger partial charge >= 0.3 is 6.18 Å². The smallest absolute Gasteiger partial charge is 0.309 e. The molecule has 6 heteroatoms. The number of alkyl halides is 3. The Morgan fingerprint density at radius 1 is 0.920 bits per heavy atom. The summed E-state index contributed by atoms with van der Waals surface area (Å²) in [5.41, 5.74) is 1.13. The molecule has 2 aromatic carbocycles. The summed E-state index contributed by atoms with van der Waals surface area (Å²) >= 11 is 5.66. The van der Waals surface area contributed by atoms with Crippen LogP contribution in [0.3, 0.4) is 0 Å². The van der Waals surface area contributed by atoms with Crippen LogP contribution in [0.2, 0.25) is 5.02 Å². The van der Waals surface area contributed by atoms with E-state index in [1.165, 1.54) is 0 Å². The second-order valence-electron chi connectivity index (χ2n) is 5.57. The summed E-state index contributed by atoms with van der Waals surface area (Å²) in [6.07, 6.45) is -3.77. The van der Waals surface area contributed by atoms with Crippen molar-refractivity contribution in [2.75, 3.05) is 0 Å². The SMILES string of the molecule is O=c1c(Cl)cc(C(F)(F)F)cn1Cc1ccc(-c2ccccc2)cc1. The van der Waals surface area contributed by atoms with Crippen LogP contribution in [-0.2, 0) is 12.7 Å². The number of nitrogens with zero attached hydrogens (tertiary/aromatic N) is 1. The van der Waals surface area contributed by atoms with Crippen LogP contribution in [0.4, 0.5) is 13.2 Å². The standard InChI is InChI=1S/C19H13ClF3NO/c20-17-10-16(19(21,22)23)12-24(18(17)25)11-13-6-8-15(9-7-13)14-4-2-1-3-5-14/h1-10,12H,11H2. The van der Waals surface area contributed by atoms with Crippen LogP contribution in [0.5, 0.6) is 0 Å². The van der Waals surface area contributed by atoms with E-state index in [2.05, 4.69) is 0 Å². The van der Waals surface area contributed by atoms with E-state index in [1.54, 1.807) is 12.1 Å². The molecule has 0 saturated heterocycles. The van der Waals surface area contributed by atoms with Gasteiger partial charge in [-0.1, -0.05) is 66.2 Å². The Balaban J connectivity index is 1.90. The number of benzene rings is 2. The van der Waals surface area contributed by atoms with Crippen LogP contribution >= 0.6 is 11.6 Å². The zero-order valence-corrected chi connectivity index (χ0v) is 13.7. The minimum atomic E-state index is -4.56. The van der Waals surface area contributed by atoms with Gasteiger partial charge in [-0.15, -0.1) is 0 Å². The summed E-state index contributed by atoms with van der Waals surface area (Å²) in [5, 5.41) is -0.448. The van der Waals surface area contributed by atoms with Crippen molar-refractivity contribution in [1.82, 2.24) is 4.57 Å². The Kier molecular flexibility index (Phi) is 4.68. The van der Waals surface area contributed by atoms with E-state index < -0.39 is 22.3 Å². The molecule has 0 radical (unpaired) electrons. The molecule has 1 aromatic heterocycles. The van der Waals surface area contributed by atoms with E-state index in [-0.39, 0.29) is 6.54 Å². The molecule has 0 unspecified atom stereocenters. The van der Waals surface area contributed by atoms with Gasteiger partial charge in [0.25, 0.3) is 5.56 Å². The molecular formula is C19H13ClF3NO. The Morgan fingerprint density at radius 3 is 2.12 bits per heavy atom. The van der Waals surface area contributed by atoms with Crippen molar-refractivity contribution < 1.29 is 13.2 Å². The average molecular weight is 364 g/mol. The molecule has 0 fully saturated rings. The number of rotatable bonds is 3. The quantitative estimate of drug-likeness (QED) is 0.624. The number of hydrogen-bond acceptors (Lipinski definition) is 1. The van der Waals surface area contributed by atoms with Crippen LogP contribution in [0.25, 0.3) is 11.1 Å². The Hall–Kier alpha value is -2.53. The maximum absolute atomic E-state index is 12.9. The first kappa shape index (κ1) is 17.3. The number of aromatic nitrogens is 1. The van der Waals surface area contributed by atoms with E-state index >= 15 is 0 Å². The summed E-state index contributed by atoms with van der Waals surface area (Å²) < 4.78 is 39.6. The van der Waals surface area contributed by atoms with Gasteiger partial charge in [0.05, 0.1) is 12.1 Å². The van der Waals surface area contributed by atoms with Crippen molar-refractivity contribution in [1.29, 1.82) is 0 Å². The zero-order valence-electron chi connectivity index (χ0n) is 12.9. The summed E-state index contributed by atoms with van der Waals surface area (Å²) in [6, 6.07) is 17.6. The Labute approximate surface area is 147 Å². The van der Waals surface area contributed by atoms with Crippen LogP contribution < -0.4 is 5.56 Å². The Bertz CT molecular complexity index is 932. The molecule has 0 aliphatic carbocycles. The summed E-state index contributed by atoms with van der Waals surface area (Å²) in [7, 11) is 0. The molecule has 0 amide bonds. The Morgan fingerprint density at radius 2 is 1.52 bits per heavy atom. The van der Waals surface area contributed by atoms with Crippen LogP contribution in [0.1, 0.15) is 11.1 Å². The molecule has 0 atom stereocenters. The maximum Gasteiger partial charge on any atom is 0.417 e. The van der Waals surface area contributed by atoms with Gasteiger partial charge in [-0.05, 0) is 22.8 Å². The molecule has 0 bridgehead atoms. The third-order valence-electron chi connectivity index (χ3n) is 3.78. The van der Waals surface area contributed by atoms with E-state index in [4.69, 9.17) is 11.6 Å². The molecule has 25 heavy (non-hydrogen) atoms. The summed E-state index contributed by atoms with van der Waals surface area (Å²) in [4.78, 5) is 12.0. The van der Waals surface area contributed by atoms with Crippen molar-refractivity contribution in [3.63, 3.8) is 0 Å². The third kappa shape index (κ3) is 3.94. The minimum absolute atomic E-state index is 0.0115. The molecule has 0 spiro atoms. The first-order chi connectivity index (χ1) is 11.8. The van der Waals surface area contributed by atoms with Gasteiger partial charge < -0.3 is 4.57 Å². The molecular weight excluding hydrogens is 351 g/mol. The van der Waals surface area contributed by atoms with Crippen LogP contribution in [0, 0.1) is 0 Å². The molecule has 0 saturated carbocycles. The lowest BCUT2D eigenvalue weighted by Gasteiger charge is -2.12. The normalized spacial score (nSPS) is 11.5.